The Morgan fingerprint density at radius 2 is 2.20 bits per heavy atom. The van der Waals surface area contributed by atoms with Crippen molar-refractivity contribution < 1.29 is 8.91 Å². The van der Waals surface area contributed by atoms with Crippen LogP contribution in [-0.2, 0) is 6.54 Å². The molecule has 0 bridgehead atoms. The molecule has 78 valence electrons. The van der Waals surface area contributed by atoms with Gasteiger partial charge in [0.1, 0.15) is 5.82 Å². The Morgan fingerprint density at radius 3 is 2.93 bits per heavy atom. The fourth-order valence-electron chi connectivity index (χ4n) is 1.23. The van der Waals surface area contributed by atoms with Crippen molar-refractivity contribution in [2.75, 3.05) is 7.05 Å². The summed E-state index contributed by atoms with van der Waals surface area (Å²) in [5.41, 5.74) is 0.351. The summed E-state index contributed by atoms with van der Waals surface area (Å²) in [6.07, 6.45) is 0. The quantitative estimate of drug-likeness (QED) is 0.830. The standard InChI is InChI=1S/C10H10FN3O/c1-12-6-9-13-10(14-15-9)7-4-2-3-5-8(7)11/h2-5,12H,6H2,1H3. The predicted octanol–water partition coefficient (Wildman–Crippen LogP) is 1.60. The Hall–Kier alpha value is -1.75. The van der Waals surface area contributed by atoms with Gasteiger partial charge in [-0.05, 0) is 19.2 Å². The first-order chi connectivity index (χ1) is 7.31. The van der Waals surface area contributed by atoms with E-state index in [4.69, 9.17) is 4.52 Å². The van der Waals surface area contributed by atoms with Crippen molar-refractivity contribution in [1.29, 1.82) is 0 Å². The van der Waals surface area contributed by atoms with Crippen LogP contribution >= 0.6 is 0 Å². The van der Waals surface area contributed by atoms with Crippen molar-refractivity contribution in [3.05, 3.63) is 36.0 Å². The van der Waals surface area contributed by atoms with Gasteiger partial charge in [0.2, 0.25) is 11.7 Å². The van der Waals surface area contributed by atoms with Crippen molar-refractivity contribution in [2.45, 2.75) is 6.54 Å². The van der Waals surface area contributed by atoms with Gasteiger partial charge in [-0.15, -0.1) is 0 Å². The molecule has 0 saturated heterocycles. The largest absolute Gasteiger partial charge is 0.338 e. The van der Waals surface area contributed by atoms with Gasteiger partial charge in [-0.25, -0.2) is 4.39 Å². The SMILES string of the molecule is CNCc1nc(-c2ccccc2F)no1. The summed E-state index contributed by atoms with van der Waals surface area (Å²) in [5.74, 6) is 0.364. The second-order valence-electron chi connectivity index (χ2n) is 3.02. The maximum atomic E-state index is 13.3. The van der Waals surface area contributed by atoms with E-state index in [0.717, 1.165) is 0 Å². The normalized spacial score (nSPS) is 10.5. The Bertz CT molecular complexity index is 455. The van der Waals surface area contributed by atoms with Crippen molar-refractivity contribution in [1.82, 2.24) is 15.5 Å². The highest BCUT2D eigenvalue weighted by Crippen LogP contribution is 2.18. The van der Waals surface area contributed by atoms with Crippen LogP contribution in [0.1, 0.15) is 5.89 Å². The fraction of sp³-hybridized carbons (Fsp3) is 0.200. The van der Waals surface area contributed by atoms with Crippen LogP contribution in [0.5, 0.6) is 0 Å². The summed E-state index contributed by atoms with van der Waals surface area (Å²) in [4.78, 5) is 4.05. The van der Waals surface area contributed by atoms with E-state index in [2.05, 4.69) is 15.5 Å². The molecule has 2 rings (SSSR count). The van der Waals surface area contributed by atoms with E-state index < -0.39 is 0 Å². The van der Waals surface area contributed by atoms with Gasteiger partial charge >= 0.3 is 0 Å². The highest BCUT2D eigenvalue weighted by molar-refractivity contribution is 5.54. The number of benzene rings is 1. The van der Waals surface area contributed by atoms with Crippen LogP contribution in [0.3, 0.4) is 0 Å². The van der Waals surface area contributed by atoms with Crippen LogP contribution in [0.2, 0.25) is 0 Å². The predicted molar refractivity (Wildman–Crippen MR) is 52.5 cm³/mol. The number of hydrogen-bond acceptors (Lipinski definition) is 4. The molecule has 1 aromatic heterocycles. The number of rotatable bonds is 3. The van der Waals surface area contributed by atoms with Crippen molar-refractivity contribution >= 4 is 0 Å². The first-order valence-electron chi connectivity index (χ1n) is 4.53. The molecule has 0 spiro atoms. The molecule has 5 heteroatoms. The molecule has 0 aliphatic rings. The van der Waals surface area contributed by atoms with Crippen LogP contribution in [0.25, 0.3) is 11.4 Å². The number of nitrogens with zero attached hydrogens (tertiary/aromatic N) is 2. The van der Waals surface area contributed by atoms with Crippen LogP contribution in [0.4, 0.5) is 4.39 Å². The third-order valence-corrected chi connectivity index (χ3v) is 1.91. The zero-order chi connectivity index (χ0) is 10.7. The molecule has 4 nitrogen and oxygen atoms in total. The summed E-state index contributed by atoms with van der Waals surface area (Å²) in [6, 6.07) is 6.33. The molecule has 0 atom stereocenters. The van der Waals surface area contributed by atoms with Crippen LogP contribution in [0.15, 0.2) is 28.8 Å². The van der Waals surface area contributed by atoms with Crippen molar-refractivity contribution in [3.8, 4) is 11.4 Å². The van der Waals surface area contributed by atoms with E-state index in [0.29, 0.717) is 18.0 Å². The summed E-state index contributed by atoms with van der Waals surface area (Å²) >= 11 is 0. The fourth-order valence-corrected chi connectivity index (χ4v) is 1.23. The summed E-state index contributed by atoms with van der Waals surface area (Å²) in [5, 5.41) is 6.57. The van der Waals surface area contributed by atoms with Crippen molar-refractivity contribution in [2.24, 2.45) is 0 Å². The lowest BCUT2D eigenvalue weighted by molar-refractivity contribution is 0.372. The van der Waals surface area contributed by atoms with Gasteiger partial charge in [0, 0.05) is 0 Å². The topological polar surface area (TPSA) is 51.0 Å². The first kappa shape index (κ1) is 9.79. The van der Waals surface area contributed by atoms with E-state index in [1.54, 1.807) is 25.2 Å². The molecule has 0 aliphatic heterocycles. The Morgan fingerprint density at radius 1 is 1.40 bits per heavy atom. The lowest BCUT2D eigenvalue weighted by atomic mass is 10.2. The zero-order valence-electron chi connectivity index (χ0n) is 8.20. The molecule has 0 amide bonds. The maximum Gasteiger partial charge on any atom is 0.240 e. The van der Waals surface area contributed by atoms with Gasteiger partial charge in [0.05, 0.1) is 12.1 Å². The molecule has 0 unspecified atom stereocenters. The monoisotopic (exact) mass is 207 g/mol. The van der Waals surface area contributed by atoms with Gasteiger partial charge in [-0.1, -0.05) is 17.3 Å². The van der Waals surface area contributed by atoms with E-state index in [1.165, 1.54) is 6.07 Å². The molecular weight excluding hydrogens is 197 g/mol. The molecule has 2 aromatic rings. The summed E-state index contributed by atoms with van der Waals surface area (Å²) < 4.78 is 18.3. The molecule has 1 aromatic carbocycles. The summed E-state index contributed by atoms with van der Waals surface area (Å²) in [6.45, 7) is 0.474. The maximum absolute atomic E-state index is 13.3. The second kappa shape index (κ2) is 4.18. The zero-order valence-corrected chi connectivity index (χ0v) is 8.20. The summed E-state index contributed by atoms with van der Waals surface area (Å²) in [7, 11) is 1.77. The van der Waals surface area contributed by atoms with Crippen LogP contribution in [0, 0.1) is 5.82 Å². The van der Waals surface area contributed by atoms with E-state index >= 15 is 0 Å². The molecule has 15 heavy (non-hydrogen) atoms. The van der Waals surface area contributed by atoms with Crippen LogP contribution in [-0.4, -0.2) is 17.2 Å². The molecule has 0 aliphatic carbocycles. The second-order valence-corrected chi connectivity index (χ2v) is 3.02. The molecule has 1 heterocycles. The van der Waals surface area contributed by atoms with Gasteiger partial charge in [0.15, 0.2) is 0 Å². The Kier molecular flexibility index (Phi) is 2.73. The minimum Gasteiger partial charge on any atom is -0.338 e. The number of halogens is 1. The van der Waals surface area contributed by atoms with Gasteiger partial charge in [0.25, 0.3) is 0 Å². The average molecular weight is 207 g/mol. The molecule has 1 N–H and O–H groups in total. The number of aromatic nitrogens is 2. The van der Waals surface area contributed by atoms with Gasteiger partial charge in [-0.3, -0.25) is 0 Å². The molecule has 0 saturated carbocycles. The number of nitrogens with one attached hydrogen (secondary N) is 1. The average Bonchev–Trinajstić information content (AvgIpc) is 2.68. The van der Waals surface area contributed by atoms with Gasteiger partial charge < -0.3 is 9.84 Å². The minimum absolute atomic E-state index is 0.276. The smallest absolute Gasteiger partial charge is 0.240 e. The van der Waals surface area contributed by atoms with Gasteiger partial charge in [-0.2, -0.15) is 4.98 Å². The Balaban J connectivity index is 2.33. The highest BCUT2D eigenvalue weighted by Gasteiger charge is 2.11. The van der Waals surface area contributed by atoms with Crippen LogP contribution < -0.4 is 5.32 Å². The lowest BCUT2D eigenvalue weighted by Gasteiger charge is -1.94. The highest BCUT2D eigenvalue weighted by atomic mass is 19.1. The van der Waals surface area contributed by atoms with E-state index in [1.807, 2.05) is 0 Å². The van der Waals surface area contributed by atoms with E-state index in [9.17, 15) is 4.39 Å². The lowest BCUT2D eigenvalue weighted by Crippen LogP contribution is -2.04. The molecular formula is C10H10FN3O. The third-order valence-electron chi connectivity index (χ3n) is 1.91. The number of hydrogen-bond donors (Lipinski definition) is 1. The first-order valence-corrected chi connectivity index (χ1v) is 4.53. The Labute approximate surface area is 86.1 Å². The minimum atomic E-state index is -0.352. The van der Waals surface area contributed by atoms with E-state index in [-0.39, 0.29) is 11.6 Å². The third kappa shape index (κ3) is 2.02. The van der Waals surface area contributed by atoms with Crippen molar-refractivity contribution in [3.63, 3.8) is 0 Å². The molecule has 0 radical (unpaired) electrons. The molecule has 0 fully saturated rings.